The van der Waals surface area contributed by atoms with Crippen molar-refractivity contribution in [2.45, 2.75) is 64.2 Å². The first kappa shape index (κ1) is 18.8. The van der Waals surface area contributed by atoms with Gasteiger partial charge in [0.25, 0.3) is 0 Å². The Bertz CT molecular complexity index is 559. The zero-order valence-electron chi connectivity index (χ0n) is 15.2. The molecule has 1 fully saturated rings. The third kappa shape index (κ3) is 4.50. The standard InChI is InChI=1S/C20H30O4/c1-15-13-16(7-8-18(22)24-12-11-21)14-17(19(15)23-3)20(2)9-5-4-6-10-20/h13-14,21H,4-12H2,1-3H3. The molecule has 0 heterocycles. The van der Waals surface area contributed by atoms with Crippen molar-refractivity contribution in [3.63, 3.8) is 0 Å². The summed E-state index contributed by atoms with van der Waals surface area (Å²) in [5, 5.41) is 8.71. The van der Waals surface area contributed by atoms with E-state index in [-0.39, 0.29) is 24.6 Å². The number of rotatable bonds is 7. The molecule has 134 valence electrons. The van der Waals surface area contributed by atoms with Gasteiger partial charge in [0, 0.05) is 12.0 Å². The molecule has 2 rings (SSSR count). The number of carbonyl (C=O) groups is 1. The summed E-state index contributed by atoms with van der Waals surface area (Å²) in [5.74, 6) is 0.731. The molecule has 0 aromatic heterocycles. The van der Waals surface area contributed by atoms with Gasteiger partial charge in [-0.15, -0.1) is 0 Å². The summed E-state index contributed by atoms with van der Waals surface area (Å²) in [6.07, 6.45) is 7.19. The molecule has 0 bridgehead atoms. The maximum Gasteiger partial charge on any atom is 0.306 e. The predicted octanol–water partition coefficient (Wildman–Crippen LogP) is 3.69. The lowest BCUT2D eigenvalue weighted by molar-refractivity contribution is -0.144. The highest BCUT2D eigenvalue weighted by atomic mass is 16.5. The number of methoxy groups -OCH3 is 1. The van der Waals surface area contributed by atoms with E-state index in [0.717, 1.165) is 16.9 Å². The van der Waals surface area contributed by atoms with E-state index in [2.05, 4.69) is 26.0 Å². The first-order chi connectivity index (χ1) is 11.5. The molecule has 0 unspecified atom stereocenters. The lowest BCUT2D eigenvalue weighted by atomic mass is 9.70. The molecule has 1 saturated carbocycles. The van der Waals surface area contributed by atoms with E-state index in [4.69, 9.17) is 14.6 Å². The molecule has 1 aliphatic carbocycles. The van der Waals surface area contributed by atoms with Gasteiger partial charge in [-0.05, 0) is 42.7 Å². The third-order valence-corrected chi connectivity index (χ3v) is 5.12. The Morgan fingerprint density at radius 3 is 2.58 bits per heavy atom. The van der Waals surface area contributed by atoms with Crippen LogP contribution >= 0.6 is 0 Å². The maximum atomic E-state index is 11.7. The van der Waals surface area contributed by atoms with Gasteiger partial charge in [-0.25, -0.2) is 0 Å². The summed E-state index contributed by atoms with van der Waals surface area (Å²) in [6, 6.07) is 4.32. The highest BCUT2D eigenvalue weighted by Gasteiger charge is 2.32. The molecule has 1 N–H and O–H groups in total. The molecule has 0 amide bonds. The second-order valence-corrected chi connectivity index (χ2v) is 7.06. The first-order valence-corrected chi connectivity index (χ1v) is 8.94. The van der Waals surface area contributed by atoms with Crippen molar-refractivity contribution >= 4 is 5.97 Å². The van der Waals surface area contributed by atoms with Crippen LogP contribution in [0.1, 0.15) is 62.1 Å². The van der Waals surface area contributed by atoms with Crippen LogP contribution in [0.5, 0.6) is 5.75 Å². The molecule has 0 radical (unpaired) electrons. The monoisotopic (exact) mass is 334 g/mol. The minimum atomic E-state index is -0.261. The smallest absolute Gasteiger partial charge is 0.306 e. The summed E-state index contributed by atoms with van der Waals surface area (Å²) in [6.45, 7) is 4.35. The van der Waals surface area contributed by atoms with Crippen LogP contribution in [0.3, 0.4) is 0 Å². The van der Waals surface area contributed by atoms with Gasteiger partial charge in [-0.3, -0.25) is 4.79 Å². The Kier molecular flexibility index (Phi) is 6.67. The van der Waals surface area contributed by atoms with Crippen LogP contribution < -0.4 is 4.74 Å². The van der Waals surface area contributed by atoms with Crippen LogP contribution in [-0.2, 0) is 21.4 Å². The van der Waals surface area contributed by atoms with Crippen molar-refractivity contribution < 1.29 is 19.4 Å². The Morgan fingerprint density at radius 2 is 1.96 bits per heavy atom. The number of carbonyl (C=O) groups excluding carboxylic acids is 1. The third-order valence-electron chi connectivity index (χ3n) is 5.12. The molecule has 4 nitrogen and oxygen atoms in total. The van der Waals surface area contributed by atoms with Crippen molar-refractivity contribution in [1.29, 1.82) is 0 Å². The maximum absolute atomic E-state index is 11.7. The van der Waals surface area contributed by atoms with Crippen LogP contribution in [-0.4, -0.2) is 31.4 Å². The fourth-order valence-corrected chi connectivity index (χ4v) is 3.79. The molecule has 0 atom stereocenters. The highest BCUT2D eigenvalue weighted by molar-refractivity contribution is 5.69. The van der Waals surface area contributed by atoms with E-state index in [1.807, 2.05) is 0 Å². The van der Waals surface area contributed by atoms with Crippen molar-refractivity contribution in [3.05, 3.63) is 28.8 Å². The number of ether oxygens (including phenoxy) is 2. The Balaban J connectivity index is 2.20. The summed E-state index contributed by atoms with van der Waals surface area (Å²) < 4.78 is 10.6. The fraction of sp³-hybridized carbons (Fsp3) is 0.650. The van der Waals surface area contributed by atoms with E-state index < -0.39 is 0 Å². The Labute approximate surface area is 145 Å². The van der Waals surface area contributed by atoms with Gasteiger partial charge in [-0.2, -0.15) is 0 Å². The quantitative estimate of drug-likeness (QED) is 0.773. The molecule has 0 spiro atoms. The molecule has 0 saturated heterocycles. The lowest BCUT2D eigenvalue weighted by Crippen LogP contribution is -2.26. The van der Waals surface area contributed by atoms with Gasteiger partial charge in [0.1, 0.15) is 12.4 Å². The number of aliphatic hydroxyl groups is 1. The first-order valence-electron chi connectivity index (χ1n) is 8.94. The second-order valence-electron chi connectivity index (χ2n) is 7.06. The predicted molar refractivity (Wildman–Crippen MR) is 94.5 cm³/mol. The van der Waals surface area contributed by atoms with Gasteiger partial charge < -0.3 is 14.6 Å². The minimum absolute atomic E-state index is 0.0732. The molecular formula is C20H30O4. The molecule has 0 aliphatic heterocycles. The van der Waals surface area contributed by atoms with Gasteiger partial charge in [0.05, 0.1) is 13.7 Å². The summed E-state index contributed by atoms with van der Waals surface area (Å²) in [4.78, 5) is 11.7. The van der Waals surface area contributed by atoms with Crippen LogP contribution in [0.2, 0.25) is 0 Å². The average molecular weight is 334 g/mol. The molecule has 24 heavy (non-hydrogen) atoms. The van der Waals surface area contributed by atoms with Crippen LogP contribution in [0.4, 0.5) is 0 Å². The molecular weight excluding hydrogens is 304 g/mol. The lowest BCUT2D eigenvalue weighted by Gasteiger charge is -2.36. The van der Waals surface area contributed by atoms with E-state index in [0.29, 0.717) is 12.8 Å². The highest BCUT2D eigenvalue weighted by Crippen LogP contribution is 2.44. The SMILES string of the molecule is COc1c(C)cc(CCC(=O)OCCO)cc1C1(C)CCCCC1. The topological polar surface area (TPSA) is 55.8 Å². The van der Waals surface area contributed by atoms with Crippen LogP contribution in [0.25, 0.3) is 0 Å². The number of benzene rings is 1. The minimum Gasteiger partial charge on any atom is -0.496 e. The number of aryl methyl sites for hydroxylation is 2. The average Bonchev–Trinajstić information content (AvgIpc) is 2.58. The van der Waals surface area contributed by atoms with E-state index in [1.165, 1.54) is 37.7 Å². The Morgan fingerprint density at radius 1 is 1.25 bits per heavy atom. The fourth-order valence-electron chi connectivity index (χ4n) is 3.79. The summed E-state index contributed by atoms with van der Waals surface area (Å²) in [5.41, 5.74) is 3.71. The van der Waals surface area contributed by atoms with E-state index >= 15 is 0 Å². The number of aliphatic hydroxyl groups excluding tert-OH is 1. The zero-order valence-corrected chi connectivity index (χ0v) is 15.2. The largest absolute Gasteiger partial charge is 0.496 e. The molecule has 1 aromatic rings. The normalized spacial score (nSPS) is 16.7. The van der Waals surface area contributed by atoms with Gasteiger partial charge in [0.2, 0.25) is 0 Å². The summed E-state index contributed by atoms with van der Waals surface area (Å²) >= 11 is 0. The van der Waals surface area contributed by atoms with Crippen molar-refractivity contribution in [2.24, 2.45) is 0 Å². The number of hydrogen-bond donors (Lipinski definition) is 1. The van der Waals surface area contributed by atoms with Gasteiger partial charge in [0.15, 0.2) is 0 Å². The molecule has 4 heteroatoms. The van der Waals surface area contributed by atoms with E-state index in [9.17, 15) is 4.79 Å². The van der Waals surface area contributed by atoms with Crippen LogP contribution in [0.15, 0.2) is 12.1 Å². The van der Waals surface area contributed by atoms with Crippen LogP contribution in [0, 0.1) is 6.92 Å². The van der Waals surface area contributed by atoms with Crippen molar-refractivity contribution in [1.82, 2.24) is 0 Å². The van der Waals surface area contributed by atoms with E-state index in [1.54, 1.807) is 7.11 Å². The van der Waals surface area contributed by atoms with Crippen molar-refractivity contribution in [2.75, 3.05) is 20.3 Å². The Hall–Kier alpha value is -1.55. The zero-order chi connectivity index (χ0) is 17.6. The molecule has 1 aliphatic rings. The molecule has 1 aromatic carbocycles. The second kappa shape index (κ2) is 8.52. The summed E-state index contributed by atoms with van der Waals surface area (Å²) in [7, 11) is 1.74. The number of hydrogen-bond acceptors (Lipinski definition) is 4. The van der Waals surface area contributed by atoms with Gasteiger partial charge in [-0.1, -0.05) is 38.3 Å². The number of esters is 1. The van der Waals surface area contributed by atoms with Crippen molar-refractivity contribution in [3.8, 4) is 5.75 Å². The van der Waals surface area contributed by atoms with Gasteiger partial charge >= 0.3 is 5.97 Å².